The van der Waals surface area contributed by atoms with Crippen molar-refractivity contribution < 1.29 is 9.53 Å². The van der Waals surface area contributed by atoms with Crippen LogP contribution in [0.1, 0.15) is 38.2 Å². The first-order valence-electron chi connectivity index (χ1n) is 8.82. The summed E-state index contributed by atoms with van der Waals surface area (Å²) in [5.41, 5.74) is 2.34. The summed E-state index contributed by atoms with van der Waals surface area (Å²) in [7, 11) is 0. The predicted molar refractivity (Wildman–Crippen MR) is 97.6 cm³/mol. The van der Waals surface area contributed by atoms with Crippen molar-refractivity contribution >= 4 is 11.6 Å². The van der Waals surface area contributed by atoms with Crippen LogP contribution in [0.15, 0.2) is 24.8 Å². The van der Waals surface area contributed by atoms with Gasteiger partial charge in [-0.25, -0.2) is 0 Å². The van der Waals surface area contributed by atoms with E-state index in [1.54, 1.807) is 23.3 Å². The number of carbonyl (C=O) groups is 1. The van der Waals surface area contributed by atoms with Crippen LogP contribution in [0, 0.1) is 6.92 Å². The lowest BCUT2D eigenvalue weighted by atomic mass is 10.1. The standard InChI is InChI=1S/C18H26N6O2/c1-13-17(20-6-5-19-13)14(2)22-15-9-21-24(10-15)11-16(25)23-7-8-26-18(3,4)12-23/h5-6,9-10,14,22H,7-8,11-12H2,1-4H3. The van der Waals surface area contributed by atoms with Gasteiger partial charge in [-0.3, -0.25) is 19.4 Å². The Kier molecular flexibility index (Phi) is 5.22. The molecule has 0 aromatic carbocycles. The van der Waals surface area contributed by atoms with Gasteiger partial charge in [0.15, 0.2) is 0 Å². The molecule has 0 aliphatic carbocycles. The molecule has 8 nitrogen and oxygen atoms in total. The molecule has 1 atom stereocenters. The monoisotopic (exact) mass is 358 g/mol. The first-order chi connectivity index (χ1) is 12.3. The van der Waals surface area contributed by atoms with Gasteiger partial charge in [-0.2, -0.15) is 5.10 Å². The van der Waals surface area contributed by atoms with Gasteiger partial charge in [-0.05, 0) is 27.7 Å². The lowest BCUT2D eigenvalue weighted by Crippen LogP contribution is -2.51. The molecule has 3 rings (SSSR count). The van der Waals surface area contributed by atoms with E-state index >= 15 is 0 Å². The number of nitrogens with zero attached hydrogens (tertiary/aromatic N) is 5. The zero-order valence-corrected chi connectivity index (χ0v) is 15.8. The minimum absolute atomic E-state index is 0.00269. The molecule has 1 N–H and O–H groups in total. The number of carbonyl (C=O) groups excluding carboxylic acids is 1. The van der Waals surface area contributed by atoms with Gasteiger partial charge in [0.2, 0.25) is 5.91 Å². The molecule has 1 saturated heterocycles. The van der Waals surface area contributed by atoms with Crippen molar-refractivity contribution in [2.75, 3.05) is 25.0 Å². The summed E-state index contributed by atoms with van der Waals surface area (Å²) >= 11 is 0. The minimum Gasteiger partial charge on any atom is -0.374 e. The Morgan fingerprint density at radius 3 is 2.88 bits per heavy atom. The number of aromatic nitrogens is 4. The maximum absolute atomic E-state index is 12.5. The molecule has 0 saturated carbocycles. The van der Waals surface area contributed by atoms with Crippen LogP contribution in [0.5, 0.6) is 0 Å². The first-order valence-corrected chi connectivity index (χ1v) is 8.82. The zero-order valence-electron chi connectivity index (χ0n) is 15.8. The van der Waals surface area contributed by atoms with E-state index in [9.17, 15) is 4.79 Å². The minimum atomic E-state index is -0.297. The molecule has 1 amide bonds. The fourth-order valence-electron chi connectivity index (χ4n) is 3.15. The Morgan fingerprint density at radius 2 is 2.15 bits per heavy atom. The average Bonchev–Trinajstić information content (AvgIpc) is 3.01. The number of morpholine rings is 1. The molecule has 140 valence electrons. The largest absolute Gasteiger partial charge is 0.374 e. The van der Waals surface area contributed by atoms with Gasteiger partial charge in [-0.1, -0.05) is 0 Å². The first kappa shape index (κ1) is 18.3. The van der Waals surface area contributed by atoms with Crippen LogP contribution in [0.4, 0.5) is 5.69 Å². The van der Waals surface area contributed by atoms with Gasteiger partial charge in [-0.15, -0.1) is 0 Å². The van der Waals surface area contributed by atoms with E-state index in [0.717, 1.165) is 17.1 Å². The second-order valence-corrected chi connectivity index (χ2v) is 7.24. The molecule has 1 unspecified atom stereocenters. The number of amides is 1. The lowest BCUT2D eigenvalue weighted by Gasteiger charge is -2.38. The van der Waals surface area contributed by atoms with Gasteiger partial charge in [0.25, 0.3) is 0 Å². The lowest BCUT2D eigenvalue weighted by molar-refractivity contribution is -0.146. The SMILES string of the molecule is Cc1nccnc1C(C)Nc1cnn(CC(=O)N2CCOC(C)(C)C2)c1. The highest BCUT2D eigenvalue weighted by Gasteiger charge is 2.30. The van der Waals surface area contributed by atoms with Crippen LogP contribution in [-0.2, 0) is 16.1 Å². The van der Waals surface area contributed by atoms with Crippen LogP contribution >= 0.6 is 0 Å². The van der Waals surface area contributed by atoms with Crippen molar-refractivity contribution in [2.24, 2.45) is 0 Å². The smallest absolute Gasteiger partial charge is 0.244 e. The van der Waals surface area contributed by atoms with Gasteiger partial charge in [0.05, 0.1) is 41.5 Å². The Morgan fingerprint density at radius 1 is 1.38 bits per heavy atom. The second kappa shape index (κ2) is 7.41. The maximum atomic E-state index is 12.5. The zero-order chi connectivity index (χ0) is 18.7. The summed E-state index contributed by atoms with van der Waals surface area (Å²) < 4.78 is 7.31. The number of anilines is 1. The van der Waals surface area contributed by atoms with Crippen molar-refractivity contribution in [3.05, 3.63) is 36.2 Å². The summed E-state index contributed by atoms with van der Waals surface area (Å²) in [5, 5.41) is 7.65. The van der Waals surface area contributed by atoms with Gasteiger partial charge in [0, 0.05) is 31.7 Å². The summed E-state index contributed by atoms with van der Waals surface area (Å²) in [6.07, 6.45) is 6.93. The normalized spacial score (nSPS) is 17.8. The third kappa shape index (κ3) is 4.37. The molecule has 0 radical (unpaired) electrons. The highest BCUT2D eigenvalue weighted by Crippen LogP contribution is 2.19. The molecule has 1 fully saturated rings. The molecular formula is C18H26N6O2. The van der Waals surface area contributed by atoms with E-state index in [1.165, 1.54) is 0 Å². The molecule has 1 aliphatic heterocycles. The third-order valence-electron chi connectivity index (χ3n) is 4.42. The van der Waals surface area contributed by atoms with E-state index in [1.807, 2.05) is 38.8 Å². The maximum Gasteiger partial charge on any atom is 0.244 e. The second-order valence-electron chi connectivity index (χ2n) is 7.24. The molecule has 2 aromatic heterocycles. The Balaban J connectivity index is 1.59. The highest BCUT2D eigenvalue weighted by atomic mass is 16.5. The number of rotatable bonds is 5. The van der Waals surface area contributed by atoms with Gasteiger partial charge in [0.1, 0.15) is 6.54 Å². The van der Waals surface area contributed by atoms with E-state index in [0.29, 0.717) is 19.7 Å². The predicted octanol–water partition coefficient (Wildman–Crippen LogP) is 1.79. The van der Waals surface area contributed by atoms with E-state index in [4.69, 9.17) is 4.74 Å². The van der Waals surface area contributed by atoms with E-state index < -0.39 is 0 Å². The van der Waals surface area contributed by atoms with Crippen molar-refractivity contribution in [3.8, 4) is 0 Å². The average molecular weight is 358 g/mol. The van der Waals surface area contributed by atoms with Crippen LogP contribution in [0.25, 0.3) is 0 Å². The number of hydrogen-bond donors (Lipinski definition) is 1. The third-order valence-corrected chi connectivity index (χ3v) is 4.42. The van der Waals surface area contributed by atoms with Crippen molar-refractivity contribution in [3.63, 3.8) is 0 Å². The summed E-state index contributed by atoms with van der Waals surface area (Å²) in [6.45, 7) is 9.97. The van der Waals surface area contributed by atoms with E-state index in [-0.39, 0.29) is 24.1 Å². The molecular weight excluding hydrogens is 332 g/mol. The molecule has 26 heavy (non-hydrogen) atoms. The Hall–Kier alpha value is -2.48. The summed E-state index contributed by atoms with van der Waals surface area (Å²) in [6, 6.07) is -0.00269. The summed E-state index contributed by atoms with van der Waals surface area (Å²) in [4.78, 5) is 23.0. The molecule has 0 spiro atoms. The van der Waals surface area contributed by atoms with E-state index in [2.05, 4.69) is 20.4 Å². The molecule has 0 bridgehead atoms. The molecule has 1 aliphatic rings. The van der Waals surface area contributed by atoms with Crippen molar-refractivity contribution in [1.82, 2.24) is 24.6 Å². The molecule has 2 aromatic rings. The van der Waals surface area contributed by atoms with Gasteiger partial charge < -0.3 is 15.0 Å². The molecule has 8 heteroatoms. The fraction of sp³-hybridized carbons (Fsp3) is 0.556. The quantitative estimate of drug-likeness (QED) is 0.877. The van der Waals surface area contributed by atoms with Crippen LogP contribution in [0.3, 0.4) is 0 Å². The van der Waals surface area contributed by atoms with Crippen molar-refractivity contribution in [1.29, 1.82) is 0 Å². The summed E-state index contributed by atoms with van der Waals surface area (Å²) in [5.74, 6) is 0.0499. The Bertz CT molecular complexity index is 773. The van der Waals surface area contributed by atoms with Gasteiger partial charge >= 0.3 is 0 Å². The Labute approximate surface area is 153 Å². The highest BCUT2D eigenvalue weighted by molar-refractivity contribution is 5.76. The van der Waals surface area contributed by atoms with Crippen LogP contribution in [-0.4, -0.2) is 55.9 Å². The number of aryl methyl sites for hydroxylation is 1. The van der Waals surface area contributed by atoms with Crippen LogP contribution in [0.2, 0.25) is 0 Å². The number of ether oxygens (including phenoxy) is 1. The van der Waals surface area contributed by atoms with Crippen LogP contribution < -0.4 is 5.32 Å². The fourth-order valence-corrected chi connectivity index (χ4v) is 3.15. The topological polar surface area (TPSA) is 85.2 Å². The number of hydrogen-bond acceptors (Lipinski definition) is 6. The number of nitrogens with one attached hydrogen (secondary N) is 1. The van der Waals surface area contributed by atoms with Crippen molar-refractivity contribution in [2.45, 2.75) is 45.9 Å². The molecule has 3 heterocycles.